The molecule has 1 aromatic heterocycles. The summed E-state index contributed by atoms with van der Waals surface area (Å²) in [5, 5.41) is 0. The highest BCUT2D eigenvalue weighted by Gasteiger charge is 2.24. The van der Waals surface area contributed by atoms with E-state index in [9.17, 15) is 9.18 Å². The van der Waals surface area contributed by atoms with E-state index in [2.05, 4.69) is 9.97 Å². The lowest BCUT2D eigenvalue weighted by Gasteiger charge is -2.29. The fraction of sp³-hybridized carbons (Fsp3) is 0.207. The molecular weight excluding hydrogens is 441 g/mol. The zero-order valence-corrected chi connectivity index (χ0v) is 19.4. The zero-order valence-electron chi connectivity index (χ0n) is 19.4. The second-order valence-electron chi connectivity index (χ2n) is 8.71. The van der Waals surface area contributed by atoms with Crippen molar-refractivity contribution in [2.24, 2.45) is 0 Å². The van der Waals surface area contributed by atoms with Gasteiger partial charge >= 0.3 is 0 Å². The minimum atomic E-state index is -0.259. The standard InChI is InChI=1S/C29H26FN3O2/c30-24-11-9-21(10-12-24)16-28-26-18-33(14-13-27(26)31-20-32-28)29(34)17-23-7-4-8-25(15-23)35-19-22-5-2-1-3-6-22/h1-12,15,20H,13-14,16-19H2. The van der Waals surface area contributed by atoms with Crippen LogP contribution in [0.15, 0.2) is 85.2 Å². The van der Waals surface area contributed by atoms with Crippen LogP contribution < -0.4 is 4.74 Å². The van der Waals surface area contributed by atoms with Crippen LogP contribution in [0.2, 0.25) is 0 Å². The maximum Gasteiger partial charge on any atom is 0.227 e. The summed E-state index contributed by atoms with van der Waals surface area (Å²) in [7, 11) is 0. The summed E-state index contributed by atoms with van der Waals surface area (Å²) in [6.45, 7) is 1.59. The predicted octanol–water partition coefficient (Wildman–Crippen LogP) is 4.91. The van der Waals surface area contributed by atoms with Crippen LogP contribution in [0, 0.1) is 5.82 Å². The van der Waals surface area contributed by atoms with E-state index in [1.54, 1.807) is 18.5 Å². The minimum absolute atomic E-state index is 0.0624. The predicted molar refractivity (Wildman–Crippen MR) is 131 cm³/mol. The topological polar surface area (TPSA) is 55.3 Å². The molecule has 0 N–H and O–H groups in total. The Balaban J connectivity index is 1.25. The average Bonchev–Trinajstić information content (AvgIpc) is 2.89. The van der Waals surface area contributed by atoms with Crippen molar-refractivity contribution < 1.29 is 13.9 Å². The molecule has 0 spiro atoms. The fourth-order valence-electron chi connectivity index (χ4n) is 4.33. The molecule has 5 rings (SSSR count). The first kappa shape index (κ1) is 22.7. The van der Waals surface area contributed by atoms with Crippen molar-refractivity contribution in [2.75, 3.05) is 6.54 Å². The van der Waals surface area contributed by atoms with Gasteiger partial charge in [0.25, 0.3) is 0 Å². The van der Waals surface area contributed by atoms with Crippen molar-refractivity contribution >= 4 is 5.91 Å². The summed E-state index contributed by atoms with van der Waals surface area (Å²) in [4.78, 5) is 24.0. The van der Waals surface area contributed by atoms with Crippen LogP contribution in [0.1, 0.15) is 33.6 Å². The smallest absolute Gasteiger partial charge is 0.227 e. The van der Waals surface area contributed by atoms with Gasteiger partial charge in [-0.15, -0.1) is 0 Å². The van der Waals surface area contributed by atoms with Gasteiger partial charge in [-0.25, -0.2) is 14.4 Å². The van der Waals surface area contributed by atoms with E-state index in [4.69, 9.17) is 4.74 Å². The number of hydrogen-bond donors (Lipinski definition) is 0. The number of halogens is 1. The first-order valence-electron chi connectivity index (χ1n) is 11.7. The van der Waals surface area contributed by atoms with E-state index in [1.807, 2.05) is 59.5 Å². The molecule has 3 aromatic carbocycles. The summed E-state index contributed by atoms with van der Waals surface area (Å²) < 4.78 is 19.2. The van der Waals surface area contributed by atoms with Crippen LogP contribution in [-0.4, -0.2) is 27.3 Å². The number of benzene rings is 3. The van der Waals surface area contributed by atoms with E-state index >= 15 is 0 Å². The van der Waals surface area contributed by atoms with Gasteiger partial charge in [0.2, 0.25) is 5.91 Å². The third-order valence-electron chi connectivity index (χ3n) is 6.23. The van der Waals surface area contributed by atoms with Crippen LogP contribution in [0.4, 0.5) is 4.39 Å². The number of aromatic nitrogens is 2. The number of nitrogens with zero attached hydrogens (tertiary/aromatic N) is 3. The monoisotopic (exact) mass is 467 g/mol. The number of fused-ring (bicyclic) bond motifs is 1. The molecule has 176 valence electrons. The van der Waals surface area contributed by atoms with Gasteiger partial charge in [-0.1, -0.05) is 54.6 Å². The molecular formula is C29H26FN3O2. The zero-order chi connectivity index (χ0) is 24.0. The van der Waals surface area contributed by atoms with E-state index in [0.29, 0.717) is 39.0 Å². The fourth-order valence-corrected chi connectivity index (χ4v) is 4.33. The lowest BCUT2D eigenvalue weighted by Crippen LogP contribution is -2.38. The van der Waals surface area contributed by atoms with E-state index in [0.717, 1.165) is 39.4 Å². The third kappa shape index (κ3) is 5.72. The Labute approximate surface area is 204 Å². The second kappa shape index (κ2) is 10.5. The summed E-state index contributed by atoms with van der Waals surface area (Å²) in [6.07, 6.45) is 3.16. The number of hydrogen-bond acceptors (Lipinski definition) is 4. The van der Waals surface area contributed by atoms with Gasteiger partial charge in [0.1, 0.15) is 24.5 Å². The minimum Gasteiger partial charge on any atom is -0.489 e. The maximum atomic E-state index is 13.3. The van der Waals surface area contributed by atoms with Gasteiger partial charge in [0.15, 0.2) is 0 Å². The summed E-state index contributed by atoms with van der Waals surface area (Å²) in [6, 6.07) is 24.2. The first-order valence-corrected chi connectivity index (χ1v) is 11.7. The Morgan fingerprint density at radius 2 is 1.71 bits per heavy atom. The molecule has 0 fully saturated rings. The number of ether oxygens (including phenoxy) is 1. The van der Waals surface area contributed by atoms with Gasteiger partial charge in [0, 0.05) is 31.5 Å². The van der Waals surface area contributed by atoms with Crippen LogP contribution in [0.25, 0.3) is 0 Å². The largest absolute Gasteiger partial charge is 0.489 e. The molecule has 0 unspecified atom stereocenters. The Hall–Kier alpha value is -4.06. The lowest BCUT2D eigenvalue weighted by molar-refractivity contribution is -0.131. The molecule has 5 nitrogen and oxygen atoms in total. The van der Waals surface area contributed by atoms with Crippen LogP contribution in [-0.2, 0) is 37.2 Å². The van der Waals surface area contributed by atoms with E-state index in [1.165, 1.54) is 12.1 Å². The van der Waals surface area contributed by atoms with Gasteiger partial charge in [-0.3, -0.25) is 4.79 Å². The molecule has 0 saturated heterocycles. The Morgan fingerprint density at radius 1 is 0.914 bits per heavy atom. The summed E-state index contributed by atoms with van der Waals surface area (Å²) >= 11 is 0. The van der Waals surface area contributed by atoms with Crippen molar-refractivity contribution in [3.63, 3.8) is 0 Å². The molecule has 1 aliphatic heterocycles. The van der Waals surface area contributed by atoms with Crippen molar-refractivity contribution in [3.05, 3.63) is 125 Å². The van der Waals surface area contributed by atoms with E-state index < -0.39 is 0 Å². The SMILES string of the molecule is O=C(Cc1cccc(OCc2ccccc2)c1)N1CCc2ncnc(Cc3ccc(F)cc3)c2C1. The van der Waals surface area contributed by atoms with Crippen molar-refractivity contribution in [2.45, 2.75) is 32.4 Å². The number of carbonyl (C=O) groups excluding carboxylic acids is 1. The average molecular weight is 468 g/mol. The normalized spacial score (nSPS) is 12.8. The lowest BCUT2D eigenvalue weighted by atomic mass is 9.99. The second-order valence-corrected chi connectivity index (χ2v) is 8.71. The highest BCUT2D eigenvalue weighted by molar-refractivity contribution is 5.79. The number of amides is 1. The molecule has 6 heteroatoms. The molecule has 35 heavy (non-hydrogen) atoms. The summed E-state index contributed by atoms with van der Waals surface area (Å²) in [5.41, 5.74) is 5.86. The molecule has 1 amide bonds. The molecule has 0 aliphatic carbocycles. The molecule has 2 heterocycles. The van der Waals surface area contributed by atoms with Crippen LogP contribution in [0.3, 0.4) is 0 Å². The highest BCUT2D eigenvalue weighted by Crippen LogP contribution is 2.23. The van der Waals surface area contributed by atoms with Crippen molar-refractivity contribution in [1.82, 2.24) is 14.9 Å². The Kier molecular flexibility index (Phi) is 6.80. The Morgan fingerprint density at radius 3 is 2.54 bits per heavy atom. The quantitative estimate of drug-likeness (QED) is 0.388. The van der Waals surface area contributed by atoms with Gasteiger partial charge in [-0.2, -0.15) is 0 Å². The Bertz CT molecular complexity index is 1310. The van der Waals surface area contributed by atoms with Crippen molar-refractivity contribution in [3.8, 4) is 5.75 Å². The molecule has 0 saturated carbocycles. The molecule has 1 aliphatic rings. The van der Waals surface area contributed by atoms with Crippen LogP contribution >= 0.6 is 0 Å². The van der Waals surface area contributed by atoms with Crippen LogP contribution in [0.5, 0.6) is 5.75 Å². The third-order valence-corrected chi connectivity index (χ3v) is 6.23. The summed E-state index contributed by atoms with van der Waals surface area (Å²) in [5.74, 6) is 0.551. The maximum absolute atomic E-state index is 13.3. The van der Waals surface area contributed by atoms with Crippen molar-refractivity contribution in [1.29, 1.82) is 0 Å². The van der Waals surface area contributed by atoms with E-state index in [-0.39, 0.29) is 11.7 Å². The number of carbonyl (C=O) groups is 1. The van der Waals surface area contributed by atoms with Gasteiger partial charge in [-0.05, 0) is 41.0 Å². The molecule has 4 aromatic rings. The van der Waals surface area contributed by atoms with Gasteiger partial charge in [0.05, 0.1) is 17.8 Å². The first-order chi connectivity index (χ1) is 17.1. The molecule has 0 atom stereocenters. The molecule has 0 radical (unpaired) electrons. The number of rotatable bonds is 7. The molecule has 0 bridgehead atoms. The highest BCUT2D eigenvalue weighted by atomic mass is 19.1. The van der Waals surface area contributed by atoms with Gasteiger partial charge < -0.3 is 9.64 Å².